The van der Waals surface area contributed by atoms with E-state index in [1.54, 1.807) is 7.11 Å². The summed E-state index contributed by atoms with van der Waals surface area (Å²) < 4.78 is 5.41. The van der Waals surface area contributed by atoms with Crippen molar-refractivity contribution in [2.75, 3.05) is 18.6 Å². The van der Waals surface area contributed by atoms with Crippen LogP contribution in [0.25, 0.3) is 0 Å². The van der Waals surface area contributed by atoms with Gasteiger partial charge in [0.05, 0.1) is 7.11 Å². The van der Waals surface area contributed by atoms with Gasteiger partial charge >= 0.3 is 0 Å². The summed E-state index contributed by atoms with van der Waals surface area (Å²) in [7, 11) is 1.70. The molecule has 2 bridgehead atoms. The van der Waals surface area contributed by atoms with Crippen LogP contribution in [-0.4, -0.2) is 24.7 Å². The van der Waals surface area contributed by atoms with Crippen molar-refractivity contribution in [3.63, 3.8) is 0 Å². The van der Waals surface area contributed by atoms with E-state index in [2.05, 4.69) is 16.1 Å². The molecule has 3 aliphatic heterocycles. The maximum atomic E-state index is 8.98. The summed E-state index contributed by atoms with van der Waals surface area (Å²) in [6.45, 7) is 0.935. The fraction of sp³-hybridized carbons (Fsp3) is 0.417. The third kappa shape index (κ3) is 1.13. The molecule has 1 aromatic carbocycles. The zero-order valence-electron chi connectivity index (χ0n) is 9.18. The Morgan fingerprint density at radius 3 is 3.12 bits per heavy atom. The van der Waals surface area contributed by atoms with E-state index in [0.29, 0.717) is 5.92 Å². The lowest BCUT2D eigenvalue weighted by Gasteiger charge is -2.42. The molecule has 4 nitrogen and oxygen atoms in total. The molecule has 16 heavy (non-hydrogen) atoms. The lowest BCUT2D eigenvalue weighted by molar-refractivity contribution is 0.312. The molecule has 1 saturated heterocycles. The summed E-state index contributed by atoms with van der Waals surface area (Å²) in [5.74, 6) is 2.16. The van der Waals surface area contributed by atoms with Gasteiger partial charge in [-0.3, -0.25) is 0 Å². The summed E-state index contributed by atoms with van der Waals surface area (Å²) in [4.78, 5) is 2.08. The number of fused-ring (bicyclic) bond motifs is 2. The minimum atomic E-state index is 0.432. The first-order chi connectivity index (χ1) is 7.85. The molecule has 3 heterocycles. The average molecular weight is 218 g/mol. The number of oxime groups is 1. The third-order valence-electron chi connectivity index (χ3n) is 3.52. The van der Waals surface area contributed by atoms with E-state index >= 15 is 0 Å². The molecule has 84 valence electrons. The van der Waals surface area contributed by atoms with E-state index in [-0.39, 0.29) is 0 Å². The molecule has 0 saturated carbocycles. The molecule has 1 fully saturated rings. The molecule has 4 rings (SSSR count). The van der Waals surface area contributed by atoms with Crippen LogP contribution >= 0.6 is 0 Å². The monoisotopic (exact) mass is 218 g/mol. The van der Waals surface area contributed by atoms with Gasteiger partial charge < -0.3 is 14.8 Å². The van der Waals surface area contributed by atoms with Crippen molar-refractivity contribution >= 4 is 11.5 Å². The molecule has 1 aromatic rings. The van der Waals surface area contributed by atoms with Crippen molar-refractivity contribution in [2.45, 2.75) is 18.8 Å². The van der Waals surface area contributed by atoms with Gasteiger partial charge in [0.2, 0.25) is 0 Å². The maximum absolute atomic E-state index is 8.98. The molecule has 0 aromatic heterocycles. The predicted molar refractivity (Wildman–Crippen MR) is 61.5 cm³/mol. The molecule has 0 spiro atoms. The van der Waals surface area contributed by atoms with E-state index in [0.717, 1.165) is 36.7 Å². The van der Waals surface area contributed by atoms with Gasteiger partial charge in [-0.25, -0.2) is 0 Å². The van der Waals surface area contributed by atoms with Crippen molar-refractivity contribution in [3.05, 3.63) is 23.8 Å². The molecule has 1 atom stereocenters. The number of nitrogens with zero attached hydrogens (tertiary/aromatic N) is 2. The Labute approximate surface area is 94.1 Å². The second-order valence-corrected chi connectivity index (χ2v) is 4.25. The number of hydrogen-bond acceptors (Lipinski definition) is 3. The second-order valence-electron chi connectivity index (χ2n) is 4.25. The zero-order valence-corrected chi connectivity index (χ0v) is 9.18. The van der Waals surface area contributed by atoms with Gasteiger partial charge in [-0.2, -0.15) is 0 Å². The molecule has 1 N–H and O–H groups in total. The van der Waals surface area contributed by atoms with Crippen molar-refractivity contribution in [1.82, 2.24) is 0 Å². The topological polar surface area (TPSA) is 45.1 Å². The fourth-order valence-electron chi connectivity index (χ4n) is 2.80. The van der Waals surface area contributed by atoms with Gasteiger partial charge in [-0.05, 0) is 24.5 Å². The number of methoxy groups -OCH3 is 1. The van der Waals surface area contributed by atoms with Crippen LogP contribution in [0.15, 0.2) is 23.4 Å². The SMILES string of the molecule is COc1cccc2c1C1CCN2C(=NO)C1. The first-order valence-corrected chi connectivity index (χ1v) is 5.50. The van der Waals surface area contributed by atoms with Crippen molar-refractivity contribution < 1.29 is 9.94 Å². The Morgan fingerprint density at radius 2 is 2.38 bits per heavy atom. The number of ether oxygens (including phenoxy) is 1. The van der Waals surface area contributed by atoms with Gasteiger partial charge in [-0.1, -0.05) is 11.2 Å². The molecule has 1 unspecified atom stereocenters. The Kier molecular flexibility index (Phi) is 2.02. The highest BCUT2D eigenvalue weighted by Crippen LogP contribution is 2.47. The molecular weight excluding hydrogens is 204 g/mol. The quantitative estimate of drug-likeness (QED) is 0.580. The molecule has 0 amide bonds. The highest BCUT2D eigenvalue weighted by atomic mass is 16.5. The summed E-state index contributed by atoms with van der Waals surface area (Å²) in [5, 5.41) is 12.4. The van der Waals surface area contributed by atoms with Crippen LogP contribution in [0, 0.1) is 0 Å². The zero-order chi connectivity index (χ0) is 11.1. The maximum Gasteiger partial charge on any atom is 0.149 e. The lowest BCUT2D eigenvalue weighted by Crippen LogP contribution is -2.43. The van der Waals surface area contributed by atoms with Crippen molar-refractivity contribution in [1.29, 1.82) is 0 Å². The van der Waals surface area contributed by atoms with Gasteiger partial charge in [0.1, 0.15) is 11.6 Å². The van der Waals surface area contributed by atoms with Crippen LogP contribution in [0.4, 0.5) is 5.69 Å². The summed E-state index contributed by atoms with van der Waals surface area (Å²) in [6.07, 6.45) is 1.91. The number of piperidine rings is 1. The van der Waals surface area contributed by atoms with Gasteiger partial charge in [0, 0.05) is 24.2 Å². The van der Waals surface area contributed by atoms with Gasteiger partial charge in [0.15, 0.2) is 0 Å². The third-order valence-corrected chi connectivity index (χ3v) is 3.52. The van der Waals surface area contributed by atoms with Gasteiger partial charge in [0.25, 0.3) is 0 Å². The Balaban J connectivity index is 2.18. The highest BCUT2D eigenvalue weighted by molar-refractivity contribution is 6.02. The largest absolute Gasteiger partial charge is 0.496 e. The minimum Gasteiger partial charge on any atom is -0.496 e. The molecule has 0 aliphatic carbocycles. The Hall–Kier alpha value is -1.71. The molecule has 3 aliphatic rings. The first kappa shape index (κ1) is 9.51. The number of amidine groups is 1. The summed E-state index contributed by atoms with van der Waals surface area (Å²) in [5.41, 5.74) is 2.40. The van der Waals surface area contributed by atoms with Crippen LogP contribution in [0.5, 0.6) is 5.75 Å². The molecule has 0 radical (unpaired) electrons. The van der Waals surface area contributed by atoms with E-state index in [1.165, 1.54) is 5.56 Å². The summed E-state index contributed by atoms with van der Waals surface area (Å²) >= 11 is 0. The number of hydrogen-bond donors (Lipinski definition) is 1. The van der Waals surface area contributed by atoms with Crippen LogP contribution in [0.3, 0.4) is 0 Å². The van der Waals surface area contributed by atoms with E-state index in [1.807, 2.05) is 12.1 Å². The smallest absolute Gasteiger partial charge is 0.149 e. The highest BCUT2D eigenvalue weighted by Gasteiger charge is 2.37. The van der Waals surface area contributed by atoms with Crippen LogP contribution in [0.1, 0.15) is 24.3 Å². The standard InChI is InChI=1S/C12H14N2O2/c1-16-10-4-2-3-9-12(10)8-5-6-14(9)11(7-8)13-15/h2-4,8,15H,5-7H2,1H3. The Morgan fingerprint density at radius 1 is 1.50 bits per heavy atom. The van der Waals surface area contributed by atoms with E-state index in [9.17, 15) is 0 Å². The predicted octanol–water partition coefficient (Wildman–Crippen LogP) is 2.18. The molecular formula is C12H14N2O2. The summed E-state index contributed by atoms with van der Waals surface area (Å²) in [6, 6.07) is 6.04. The average Bonchev–Trinajstić information content (AvgIpc) is 2.38. The van der Waals surface area contributed by atoms with Crippen LogP contribution in [-0.2, 0) is 0 Å². The van der Waals surface area contributed by atoms with Crippen molar-refractivity contribution in [2.24, 2.45) is 5.16 Å². The first-order valence-electron chi connectivity index (χ1n) is 5.50. The van der Waals surface area contributed by atoms with Crippen LogP contribution in [0.2, 0.25) is 0 Å². The lowest BCUT2D eigenvalue weighted by atomic mass is 9.82. The molecule has 4 heteroatoms. The number of benzene rings is 1. The second kappa shape index (κ2) is 3.40. The van der Waals surface area contributed by atoms with E-state index in [4.69, 9.17) is 9.94 Å². The Bertz CT molecular complexity index is 456. The normalized spacial score (nSPS) is 24.7. The number of anilines is 1. The van der Waals surface area contributed by atoms with Gasteiger partial charge in [-0.15, -0.1) is 0 Å². The minimum absolute atomic E-state index is 0.432. The fourth-order valence-corrected chi connectivity index (χ4v) is 2.80. The van der Waals surface area contributed by atoms with E-state index < -0.39 is 0 Å². The van der Waals surface area contributed by atoms with Crippen LogP contribution < -0.4 is 9.64 Å². The number of rotatable bonds is 1. The van der Waals surface area contributed by atoms with Crippen molar-refractivity contribution in [3.8, 4) is 5.75 Å².